The molecule has 23 heavy (non-hydrogen) atoms. The summed E-state index contributed by atoms with van der Waals surface area (Å²) in [5, 5.41) is 2.88. The molecule has 2 aromatic carbocycles. The summed E-state index contributed by atoms with van der Waals surface area (Å²) in [5.74, 6) is 1.40. The van der Waals surface area contributed by atoms with E-state index < -0.39 is 0 Å². The Kier molecular flexibility index (Phi) is 6.03. The van der Waals surface area contributed by atoms with Gasteiger partial charge in [-0.15, -0.1) is 0 Å². The third-order valence-electron chi connectivity index (χ3n) is 3.46. The molecular weight excluding hydrogens is 290 g/mol. The molecule has 4 heteroatoms. The van der Waals surface area contributed by atoms with E-state index in [0.717, 1.165) is 17.5 Å². The molecule has 0 heterocycles. The van der Waals surface area contributed by atoms with Crippen molar-refractivity contribution in [2.75, 3.05) is 7.11 Å². The van der Waals surface area contributed by atoms with Gasteiger partial charge in [-0.1, -0.05) is 36.4 Å². The number of amides is 1. The summed E-state index contributed by atoms with van der Waals surface area (Å²) in [5.41, 5.74) is 2.20. The third kappa shape index (κ3) is 5.33. The minimum atomic E-state index is -0.0210. The standard InChI is InChI=1S/C19H23NO3/c1-14(20-15(2)21)11-17-9-10-18(19(12-17)22-3)23-13-16-7-5-4-6-8-16/h4-10,12,14H,11,13H2,1-3H3,(H,20,21). The van der Waals surface area contributed by atoms with E-state index in [4.69, 9.17) is 9.47 Å². The zero-order valence-electron chi connectivity index (χ0n) is 13.8. The molecule has 0 aliphatic heterocycles. The maximum absolute atomic E-state index is 11.1. The van der Waals surface area contributed by atoms with Crippen molar-refractivity contribution in [1.29, 1.82) is 0 Å². The second-order valence-electron chi connectivity index (χ2n) is 5.57. The van der Waals surface area contributed by atoms with E-state index in [0.29, 0.717) is 18.1 Å². The fourth-order valence-corrected chi connectivity index (χ4v) is 2.45. The van der Waals surface area contributed by atoms with Crippen LogP contribution in [0.1, 0.15) is 25.0 Å². The lowest BCUT2D eigenvalue weighted by atomic mass is 10.1. The number of carbonyl (C=O) groups is 1. The molecule has 0 radical (unpaired) electrons. The van der Waals surface area contributed by atoms with Gasteiger partial charge in [-0.3, -0.25) is 4.79 Å². The first-order valence-electron chi connectivity index (χ1n) is 7.69. The summed E-state index contributed by atoms with van der Waals surface area (Å²) in [4.78, 5) is 11.1. The summed E-state index contributed by atoms with van der Waals surface area (Å²) in [6, 6.07) is 16.0. The van der Waals surface area contributed by atoms with Crippen molar-refractivity contribution in [1.82, 2.24) is 5.32 Å². The second kappa shape index (κ2) is 8.22. The van der Waals surface area contributed by atoms with Crippen LogP contribution in [0, 0.1) is 0 Å². The van der Waals surface area contributed by atoms with Gasteiger partial charge in [0.1, 0.15) is 6.61 Å². The lowest BCUT2D eigenvalue weighted by Crippen LogP contribution is -2.32. The van der Waals surface area contributed by atoms with E-state index in [1.165, 1.54) is 6.92 Å². The number of ether oxygens (including phenoxy) is 2. The fraction of sp³-hybridized carbons (Fsp3) is 0.316. The smallest absolute Gasteiger partial charge is 0.217 e. The molecule has 0 aliphatic carbocycles. The van der Waals surface area contributed by atoms with Crippen molar-refractivity contribution in [2.45, 2.75) is 32.9 Å². The van der Waals surface area contributed by atoms with Crippen LogP contribution in [0.5, 0.6) is 11.5 Å². The zero-order valence-corrected chi connectivity index (χ0v) is 13.8. The lowest BCUT2D eigenvalue weighted by Gasteiger charge is -2.15. The number of nitrogens with one attached hydrogen (secondary N) is 1. The van der Waals surface area contributed by atoms with E-state index in [1.54, 1.807) is 7.11 Å². The van der Waals surface area contributed by atoms with Gasteiger partial charge in [0.25, 0.3) is 0 Å². The zero-order chi connectivity index (χ0) is 16.7. The molecule has 0 spiro atoms. The van der Waals surface area contributed by atoms with Crippen molar-refractivity contribution in [3.8, 4) is 11.5 Å². The molecule has 0 aliphatic rings. The molecule has 1 atom stereocenters. The van der Waals surface area contributed by atoms with Gasteiger partial charge >= 0.3 is 0 Å². The van der Waals surface area contributed by atoms with Gasteiger partial charge in [0, 0.05) is 13.0 Å². The molecule has 1 unspecified atom stereocenters. The molecule has 0 fully saturated rings. The first-order valence-corrected chi connectivity index (χ1v) is 7.69. The number of benzene rings is 2. The lowest BCUT2D eigenvalue weighted by molar-refractivity contribution is -0.119. The summed E-state index contributed by atoms with van der Waals surface area (Å²) in [6.45, 7) is 4.00. The largest absolute Gasteiger partial charge is 0.493 e. The number of rotatable bonds is 7. The topological polar surface area (TPSA) is 47.6 Å². The monoisotopic (exact) mass is 313 g/mol. The highest BCUT2D eigenvalue weighted by Crippen LogP contribution is 2.29. The van der Waals surface area contributed by atoms with Gasteiger partial charge in [0.2, 0.25) is 5.91 Å². The molecule has 2 aromatic rings. The average Bonchev–Trinajstić information content (AvgIpc) is 2.53. The molecule has 2 rings (SSSR count). The Morgan fingerprint density at radius 2 is 1.83 bits per heavy atom. The highest BCUT2D eigenvalue weighted by atomic mass is 16.5. The molecule has 122 valence electrons. The SMILES string of the molecule is COc1cc(CC(C)NC(C)=O)ccc1OCc1ccccc1. The molecule has 1 amide bonds. The summed E-state index contributed by atoms with van der Waals surface area (Å²) in [6.07, 6.45) is 0.745. The first kappa shape index (κ1) is 16.9. The second-order valence-corrected chi connectivity index (χ2v) is 5.57. The average molecular weight is 313 g/mol. The number of carbonyl (C=O) groups excluding carboxylic acids is 1. The van der Waals surface area contributed by atoms with Crippen LogP contribution in [0.25, 0.3) is 0 Å². The van der Waals surface area contributed by atoms with Crippen molar-refractivity contribution in [3.63, 3.8) is 0 Å². The van der Waals surface area contributed by atoms with Crippen LogP contribution in [-0.2, 0) is 17.8 Å². The Balaban J connectivity index is 2.02. The summed E-state index contributed by atoms with van der Waals surface area (Å²) in [7, 11) is 1.63. The van der Waals surface area contributed by atoms with Crippen LogP contribution >= 0.6 is 0 Å². The normalized spacial score (nSPS) is 11.6. The Labute approximate surface area is 137 Å². The predicted octanol–water partition coefficient (Wildman–Crippen LogP) is 3.34. The number of hydrogen-bond acceptors (Lipinski definition) is 3. The van der Waals surface area contributed by atoms with Crippen LogP contribution in [0.2, 0.25) is 0 Å². The van der Waals surface area contributed by atoms with E-state index in [1.807, 2.05) is 55.5 Å². The molecular formula is C19H23NO3. The molecule has 0 bridgehead atoms. The van der Waals surface area contributed by atoms with Crippen LogP contribution in [0.4, 0.5) is 0 Å². The highest BCUT2D eigenvalue weighted by molar-refractivity contribution is 5.73. The third-order valence-corrected chi connectivity index (χ3v) is 3.46. The van der Waals surface area contributed by atoms with Gasteiger partial charge in [-0.05, 0) is 36.6 Å². The van der Waals surface area contributed by atoms with Gasteiger partial charge in [-0.25, -0.2) is 0 Å². The fourth-order valence-electron chi connectivity index (χ4n) is 2.45. The van der Waals surface area contributed by atoms with Gasteiger partial charge in [0.05, 0.1) is 7.11 Å². The minimum absolute atomic E-state index is 0.0210. The Morgan fingerprint density at radius 1 is 1.09 bits per heavy atom. The number of methoxy groups -OCH3 is 1. The maximum Gasteiger partial charge on any atom is 0.217 e. The number of hydrogen-bond donors (Lipinski definition) is 1. The van der Waals surface area contributed by atoms with Crippen molar-refractivity contribution >= 4 is 5.91 Å². The minimum Gasteiger partial charge on any atom is -0.493 e. The molecule has 0 saturated heterocycles. The van der Waals surface area contributed by atoms with Crippen LogP contribution in [0.15, 0.2) is 48.5 Å². The van der Waals surface area contributed by atoms with Crippen molar-refractivity contribution in [2.24, 2.45) is 0 Å². The molecule has 4 nitrogen and oxygen atoms in total. The summed E-state index contributed by atoms with van der Waals surface area (Å²) >= 11 is 0. The molecule has 0 saturated carbocycles. The molecule has 0 aromatic heterocycles. The Morgan fingerprint density at radius 3 is 2.48 bits per heavy atom. The van der Waals surface area contributed by atoms with Crippen LogP contribution < -0.4 is 14.8 Å². The maximum atomic E-state index is 11.1. The van der Waals surface area contributed by atoms with Gasteiger partial charge < -0.3 is 14.8 Å². The Hall–Kier alpha value is -2.49. The van der Waals surface area contributed by atoms with E-state index in [-0.39, 0.29) is 11.9 Å². The summed E-state index contributed by atoms with van der Waals surface area (Å²) < 4.78 is 11.3. The first-order chi connectivity index (χ1) is 11.1. The van der Waals surface area contributed by atoms with E-state index in [9.17, 15) is 4.79 Å². The Bertz CT molecular complexity index is 640. The highest BCUT2D eigenvalue weighted by Gasteiger charge is 2.09. The van der Waals surface area contributed by atoms with Crippen molar-refractivity contribution < 1.29 is 14.3 Å². The van der Waals surface area contributed by atoms with Gasteiger partial charge in [-0.2, -0.15) is 0 Å². The van der Waals surface area contributed by atoms with Crippen molar-refractivity contribution in [3.05, 3.63) is 59.7 Å². The predicted molar refractivity (Wildman–Crippen MR) is 90.8 cm³/mol. The van der Waals surface area contributed by atoms with Crippen LogP contribution in [-0.4, -0.2) is 19.1 Å². The van der Waals surface area contributed by atoms with Gasteiger partial charge in [0.15, 0.2) is 11.5 Å². The quantitative estimate of drug-likeness (QED) is 0.853. The van der Waals surface area contributed by atoms with E-state index in [2.05, 4.69) is 5.32 Å². The molecule has 1 N–H and O–H groups in total. The van der Waals surface area contributed by atoms with E-state index >= 15 is 0 Å². The van der Waals surface area contributed by atoms with Crippen LogP contribution in [0.3, 0.4) is 0 Å².